The summed E-state index contributed by atoms with van der Waals surface area (Å²) in [5.41, 5.74) is 4.23. The van der Waals surface area contributed by atoms with E-state index in [2.05, 4.69) is 37.3 Å². The predicted octanol–water partition coefficient (Wildman–Crippen LogP) is 3.76. The molecule has 6 rings (SSSR count). The molecular formula is C31H36N6O3S. The molecule has 0 saturated carbocycles. The normalized spacial score (nSPS) is 20.5. The average Bonchev–Trinajstić information content (AvgIpc) is 3.75. The van der Waals surface area contributed by atoms with Crippen LogP contribution in [-0.2, 0) is 22.4 Å². The van der Waals surface area contributed by atoms with E-state index in [-0.39, 0.29) is 29.9 Å². The van der Waals surface area contributed by atoms with Crippen molar-refractivity contribution in [2.75, 3.05) is 12.3 Å². The van der Waals surface area contributed by atoms with Gasteiger partial charge in [0.1, 0.15) is 6.04 Å². The van der Waals surface area contributed by atoms with Crippen LogP contribution >= 0.6 is 11.8 Å². The fraction of sp³-hybridized carbons (Fsp3) is 0.387. The average molecular weight is 573 g/mol. The van der Waals surface area contributed by atoms with Crippen molar-refractivity contribution < 1.29 is 14.4 Å². The van der Waals surface area contributed by atoms with Crippen molar-refractivity contribution in [1.82, 2.24) is 31.2 Å². The van der Waals surface area contributed by atoms with Crippen molar-refractivity contribution in [3.8, 4) is 0 Å². The van der Waals surface area contributed by atoms with Gasteiger partial charge in [0.15, 0.2) is 0 Å². The van der Waals surface area contributed by atoms with Gasteiger partial charge in [-0.1, -0.05) is 42.8 Å². The number of carbonyl (C=O) groups is 3. The summed E-state index contributed by atoms with van der Waals surface area (Å²) in [6, 6.07) is 15.7. The van der Waals surface area contributed by atoms with Crippen LogP contribution in [0.3, 0.4) is 0 Å². The monoisotopic (exact) mass is 572 g/mol. The Bertz CT molecular complexity index is 1550. The van der Waals surface area contributed by atoms with E-state index in [9.17, 15) is 14.4 Å². The number of fused-ring (bicyclic) bond motifs is 3. The Morgan fingerprint density at radius 3 is 2.41 bits per heavy atom. The Morgan fingerprint density at radius 2 is 1.63 bits per heavy atom. The maximum absolute atomic E-state index is 13.4. The highest BCUT2D eigenvalue weighted by molar-refractivity contribution is 8.00. The molecule has 2 aromatic heterocycles. The predicted molar refractivity (Wildman–Crippen MR) is 163 cm³/mol. The molecule has 4 atom stereocenters. The second kappa shape index (κ2) is 12.3. The standard InChI is InChI=1S/C31H36N6O3S/c38-28(12-6-5-11-27-29-26(18-41-27)36-31(40)37-29)35-25(15-20-17-34-24-10-4-2-8-22(20)24)30(39)32-14-13-19-16-33-23-9-3-1-7-21(19)23/h1-4,7-10,16-17,25-27,29,33-34H,5-6,11-15,18H2,(H,32,39)(H,35,38)(H2,36,37,40)/t25?,26-,27-,29-/m0/s1. The quantitative estimate of drug-likeness (QED) is 0.114. The highest BCUT2D eigenvalue weighted by Gasteiger charge is 2.42. The Labute approximate surface area is 243 Å². The number of amides is 4. The Morgan fingerprint density at radius 1 is 0.927 bits per heavy atom. The lowest BCUT2D eigenvalue weighted by Crippen LogP contribution is -2.48. The first kappa shape index (κ1) is 27.3. The van der Waals surface area contributed by atoms with Crippen molar-refractivity contribution >= 4 is 51.4 Å². The third kappa shape index (κ3) is 6.22. The minimum atomic E-state index is -0.671. The largest absolute Gasteiger partial charge is 0.361 e. The van der Waals surface area contributed by atoms with Crippen LogP contribution in [0.2, 0.25) is 0 Å². The molecule has 0 bridgehead atoms. The molecule has 0 aliphatic carbocycles. The lowest BCUT2D eigenvalue weighted by Gasteiger charge is -2.19. The lowest BCUT2D eigenvalue weighted by molar-refractivity contribution is -0.129. The van der Waals surface area contributed by atoms with Gasteiger partial charge in [-0.3, -0.25) is 9.59 Å². The molecule has 2 fully saturated rings. The number of nitrogens with one attached hydrogen (secondary N) is 6. The second-order valence-corrected chi connectivity index (χ2v) is 12.2. The number of H-pyrrole nitrogens is 2. The Hall–Kier alpha value is -3.92. The van der Waals surface area contributed by atoms with Crippen LogP contribution in [-0.4, -0.2) is 63.5 Å². The third-order valence-electron chi connectivity index (χ3n) is 8.20. The molecule has 0 radical (unpaired) electrons. The fourth-order valence-electron chi connectivity index (χ4n) is 6.05. The lowest BCUT2D eigenvalue weighted by atomic mass is 10.0. The SMILES string of the molecule is O=C(CCCC[C@@H]1SC[C@@H]2NC(=O)N[C@@H]21)NC(Cc1c[nH]c2ccccc12)C(=O)NCCc1c[nH]c2ccccc12. The zero-order valence-corrected chi connectivity index (χ0v) is 23.7. The number of carbonyl (C=O) groups excluding carboxylic acids is 3. The van der Waals surface area contributed by atoms with Crippen LogP contribution in [0.15, 0.2) is 60.9 Å². The van der Waals surface area contributed by atoms with Gasteiger partial charge in [-0.15, -0.1) is 0 Å². The van der Waals surface area contributed by atoms with Crippen LogP contribution in [0.25, 0.3) is 21.8 Å². The molecule has 2 aliphatic heterocycles. The summed E-state index contributed by atoms with van der Waals surface area (Å²) < 4.78 is 0. The van der Waals surface area contributed by atoms with Crippen LogP contribution in [0.4, 0.5) is 4.79 Å². The van der Waals surface area contributed by atoms with Gasteiger partial charge in [0, 0.05) is 64.6 Å². The van der Waals surface area contributed by atoms with Gasteiger partial charge in [0.25, 0.3) is 0 Å². The van der Waals surface area contributed by atoms with Gasteiger partial charge < -0.3 is 31.2 Å². The second-order valence-electron chi connectivity index (χ2n) is 11.0. The summed E-state index contributed by atoms with van der Waals surface area (Å²) >= 11 is 1.88. The molecule has 2 saturated heterocycles. The van der Waals surface area contributed by atoms with Crippen molar-refractivity contribution in [3.63, 3.8) is 0 Å². The first-order valence-corrected chi connectivity index (χ1v) is 15.5. The van der Waals surface area contributed by atoms with E-state index in [0.29, 0.717) is 31.1 Å². The summed E-state index contributed by atoms with van der Waals surface area (Å²) in [6.45, 7) is 0.480. The Kier molecular flexibility index (Phi) is 8.18. The molecular weight excluding hydrogens is 536 g/mol. The number of hydrogen-bond acceptors (Lipinski definition) is 4. The van der Waals surface area contributed by atoms with Crippen molar-refractivity contribution in [1.29, 1.82) is 0 Å². The van der Waals surface area contributed by atoms with Gasteiger partial charge in [0.2, 0.25) is 11.8 Å². The van der Waals surface area contributed by atoms with Gasteiger partial charge in [-0.05, 0) is 42.5 Å². The van der Waals surface area contributed by atoms with E-state index in [4.69, 9.17) is 0 Å². The molecule has 4 aromatic rings. The summed E-state index contributed by atoms with van der Waals surface area (Å²) in [7, 11) is 0. The number of unbranched alkanes of at least 4 members (excludes halogenated alkanes) is 1. The molecule has 2 aromatic carbocycles. The number of benzene rings is 2. The molecule has 41 heavy (non-hydrogen) atoms. The van der Waals surface area contributed by atoms with Crippen molar-refractivity contribution in [2.24, 2.45) is 0 Å². The number of aromatic nitrogens is 2. The van der Waals surface area contributed by atoms with Gasteiger partial charge in [-0.25, -0.2) is 4.79 Å². The zero-order valence-electron chi connectivity index (χ0n) is 22.9. The smallest absolute Gasteiger partial charge is 0.315 e. The third-order valence-corrected chi connectivity index (χ3v) is 9.71. The van der Waals surface area contributed by atoms with E-state index in [0.717, 1.165) is 57.9 Å². The summed E-state index contributed by atoms with van der Waals surface area (Å²) in [5, 5.41) is 14.7. The van der Waals surface area contributed by atoms with Crippen LogP contribution in [0, 0.1) is 0 Å². The Balaban J connectivity index is 1.04. The summed E-state index contributed by atoms with van der Waals surface area (Å²) in [4.78, 5) is 44.6. The fourth-order valence-corrected chi connectivity index (χ4v) is 7.60. The van der Waals surface area contributed by atoms with E-state index in [1.165, 1.54) is 0 Å². The van der Waals surface area contributed by atoms with E-state index < -0.39 is 6.04 Å². The molecule has 4 heterocycles. The van der Waals surface area contributed by atoms with E-state index in [1.54, 1.807) is 0 Å². The van der Waals surface area contributed by atoms with Gasteiger partial charge in [-0.2, -0.15) is 11.8 Å². The molecule has 2 aliphatic rings. The number of hydrogen-bond donors (Lipinski definition) is 6. The highest BCUT2D eigenvalue weighted by Crippen LogP contribution is 2.33. The highest BCUT2D eigenvalue weighted by atomic mass is 32.2. The summed E-state index contributed by atoms with van der Waals surface area (Å²) in [5.74, 6) is 0.634. The molecule has 0 spiro atoms. The number of urea groups is 1. The molecule has 6 N–H and O–H groups in total. The van der Waals surface area contributed by atoms with Crippen molar-refractivity contribution in [3.05, 3.63) is 72.1 Å². The van der Waals surface area contributed by atoms with Crippen LogP contribution in [0.5, 0.6) is 0 Å². The molecule has 214 valence electrons. The van der Waals surface area contributed by atoms with Gasteiger partial charge >= 0.3 is 6.03 Å². The minimum Gasteiger partial charge on any atom is -0.361 e. The first-order chi connectivity index (χ1) is 20.0. The molecule has 9 nitrogen and oxygen atoms in total. The van der Waals surface area contributed by atoms with E-state index in [1.807, 2.05) is 66.6 Å². The minimum absolute atomic E-state index is 0.0781. The molecule has 4 amide bonds. The molecule has 10 heteroatoms. The summed E-state index contributed by atoms with van der Waals surface area (Å²) in [6.07, 6.45) is 7.97. The number of aromatic amines is 2. The first-order valence-electron chi connectivity index (χ1n) is 14.4. The van der Waals surface area contributed by atoms with E-state index >= 15 is 0 Å². The maximum Gasteiger partial charge on any atom is 0.315 e. The van der Waals surface area contributed by atoms with Crippen molar-refractivity contribution in [2.45, 2.75) is 61.9 Å². The zero-order chi connectivity index (χ0) is 28.2. The van der Waals surface area contributed by atoms with Crippen LogP contribution < -0.4 is 21.3 Å². The molecule has 1 unspecified atom stereocenters. The number of thioether (sulfide) groups is 1. The topological polar surface area (TPSA) is 131 Å². The van der Waals surface area contributed by atoms with Crippen LogP contribution in [0.1, 0.15) is 36.8 Å². The maximum atomic E-state index is 13.4. The van der Waals surface area contributed by atoms with Gasteiger partial charge in [0.05, 0.1) is 12.1 Å². The number of rotatable bonds is 12. The number of para-hydroxylation sites is 2.